The van der Waals surface area contributed by atoms with Crippen molar-refractivity contribution in [2.45, 2.75) is 30.4 Å². The van der Waals surface area contributed by atoms with Gasteiger partial charge >= 0.3 is 0 Å². The van der Waals surface area contributed by atoms with Crippen molar-refractivity contribution in [1.29, 1.82) is 0 Å². The van der Waals surface area contributed by atoms with Gasteiger partial charge in [-0.05, 0) is 18.6 Å². The Morgan fingerprint density at radius 1 is 1.26 bits per heavy atom. The van der Waals surface area contributed by atoms with Crippen molar-refractivity contribution in [3.05, 3.63) is 30.3 Å². The number of aliphatic imine (C=N–C) groups is 1. The molecular weight excluding hydrogens is 369 g/mol. The van der Waals surface area contributed by atoms with E-state index < -0.39 is 0 Å². The summed E-state index contributed by atoms with van der Waals surface area (Å²) in [6, 6.07) is 10.5. The summed E-state index contributed by atoms with van der Waals surface area (Å²) in [6.45, 7) is 6.23. The fraction of sp³-hybridized carbons (Fsp3) is 0.500. The third-order valence-corrected chi connectivity index (χ3v) is 3.52. The first kappa shape index (κ1) is 18.6. The molecule has 3 nitrogen and oxygen atoms in total. The van der Waals surface area contributed by atoms with E-state index in [1.165, 1.54) is 4.90 Å². The minimum Gasteiger partial charge on any atom is -0.356 e. The van der Waals surface area contributed by atoms with Gasteiger partial charge in [0.2, 0.25) is 0 Å². The van der Waals surface area contributed by atoms with E-state index >= 15 is 0 Å². The highest BCUT2D eigenvalue weighted by molar-refractivity contribution is 14.0. The van der Waals surface area contributed by atoms with Crippen LogP contribution in [0, 0.1) is 0 Å². The zero-order chi connectivity index (χ0) is 13.2. The lowest BCUT2D eigenvalue weighted by Crippen LogP contribution is -2.40. The molecule has 5 heteroatoms. The van der Waals surface area contributed by atoms with Gasteiger partial charge in [-0.2, -0.15) is 0 Å². The fourth-order valence-electron chi connectivity index (χ4n) is 1.48. The molecule has 19 heavy (non-hydrogen) atoms. The lowest BCUT2D eigenvalue weighted by Gasteiger charge is -2.15. The Morgan fingerprint density at radius 2 is 1.95 bits per heavy atom. The lowest BCUT2D eigenvalue weighted by atomic mass is 10.4. The van der Waals surface area contributed by atoms with Crippen LogP contribution in [0.5, 0.6) is 0 Å². The zero-order valence-electron chi connectivity index (χ0n) is 11.8. The number of nitrogens with zero attached hydrogens (tertiary/aromatic N) is 1. The van der Waals surface area contributed by atoms with Gasteiger partial charge in [-0.3, -0.25) is 4.99 Å². The standard InChI is InChI=1S/C14H23N3S.HI/c1-4-10-16-14(15-3)17-11-12(2)18-13-8-6-5-7-9-13;/h5-9,12H,4,10-11H2,1-3H3,(H2,15,16,17);1H. The zero-order valence-corrected chi connectivity index (χ0v) is 15.0. The Labute approximate surface area is 138 Å². The molecule has 0 saturated heterocycles. The molecule has 0 aliphatic carbocycles. The van der Waals surface area contributed by atoms with Crippen molar-refractivity contribution in [3.8, 4) is 0 Å². The highest BCUT2D eigenvalue weighted by Gasteiger charge is 2.05. The number of halogens is 1. The van der Waals surface area contributed by atoms with Gasteiger partial charge in [0.15, 0.2) is 5.96 Å². The first-order valence-electron chi connectivity index (χ1n) is 6.42. The Morgan fingerprint density at radius 3 is 2.53 bits per heavy atom. The number of hydrogen-bond acceptors (Lipinski definition) is 2. The van der Waals surface area contributed by atoms with Crippen molar-refractivity contribution >= 4 is 41.7 Å². The summed E-state index contributed by atoms with van der Waals surface area (Å²) in [7, 11) is 1.81. The molecule has 1 unspecified atom stereocenters. The first-order chi connectivity index (χ1) is 8.76. The van der Waals surface area contributed by atoms with Crippen LogP contribution in [0.25, 0.3) is 0 Å². The Hall–Kier alpha value is -0.430. The molecule has 0 aliphatic heterocycles. The molecule has 0 radical (unpaired) electrons. The second-order valence-electron chi connectivity index (χ2n) is 4.12. The molecule has 1 rings (SSSR count). The number of hydrogen-bond donors (Lipinski definition) is 2. The van der Waals surface area contributed by atoms with Gasteiger partial charge in [0, 0.05) is 30.3 Å². The third kappa shape index (κ3) is 8.36. The molecule has 1 aromatic rings. The summed E-state index contributed by atoms with van der Waals surface area (Å²) < 4.78 is 0. The van der Waals surface area contributed by atoms with Crippen molar-refractivity contribution in [2.75, 3.05) is 20.1 Å². The van der Waals surface area contributed by atoms with Crippen molar-refractivity contribution in [2.24, 2.45) is 4.99 Å². The van der Waals surface area contributed by atoms with Crippen LogP contribution in [-0.4, -0.2) is 31.3 Å². The predicted octanol–water partition coefficient (Wildman–Crippen LogP) is 3.36. The van der Waals surface area contributed by atoms with Crippen LogP contribution in [0.3, 0.4) is 0 Å². The molecule has 0 aromatic heterocycles. The molecule has 108 valence electrons. The van der Waals surface area contributed by atoms with Gasteiger partial charge in [-0.1, -0.05) is 32.0 Å². The largest absolute Gasteiger partial charge is 0.356 e. The monoisotopic (exact) mass is 393 g/mol. The summed E-state index contributed by atoms with van der Waals surface area (Å²) in [6.07, 6.45) is 1.11. The van der Waals surface area contributed by atoms with E-state index in [0.29, 0.717) is 5.25 Å². The quantitative estimate of drug-likeness (QED) is 0.337. The van der Waals surface area contributed by atoms with Gasteiger partial charge < -0.3 is 10.6 Å². The molecule has 0 amide bonds. The SMILES string of the molecule is CCCNC(=NC)NCC(C)Sc1ccccc1.I. The van der Waals surface area contributed by atoms with E-state index in [-0.39, 0.29) is 24.0 Å². The summed E-state index contributed by atoms with van der Waals surface area (Å²) in [5, 5.41) is 7.12. The van der Waals surface area contributed by atoms with Crippen LogP contribution in [0.4, 0.5) is 0 Å². The lowest BCUT2D eigenvalue weighted by molar-refractivity contribution is 0.771. The highest BCUT2D eigenvalue weighted by Crippen LogP contribution is 2.21. The third-order valence-electron chi connectivity index (χ3n) is 2.40. The summed E-state index contributed by atoms with van der Waals surface area (Å²) in [5.74, 6) is 0.886. The maximum Gasteiger partial charge on any atom is 0.191 e. The minimum absolute atomic E-state index is 0. The van der Waals surface area contributed by atoms with E-state index in [4.69, 9.17) is 0 Å². The molecule has 0 saturated carbocycles. The number of nitrogens with one attached hydrogen (secondary N) is 2. The Bertz CT molecular complexity index is 357. The molecule has 0 fully saturated rings. The van der Waals surface area contributed by atoms with E-state index in [1.54, 1.807) is 7.05 Å². The maximum absolute atomic E-state index is 4.19. The second kappa shape index (κ2) is 11.4. The van der Waals surface area contributed by atoms with E-state index in [0.717, 1.165) is 25.5 Å². The number of guanidine groups is 1. The van der Waals surface area contributed by atoms with Gasteiger partial charge in [0.1, 0.15) is 0 Å². The molecule has 1 aromatic carbocycles. The number of benzene rings is 1. The molecule has 0 aliphatic rings. The van der Waals surface area contributed by atoms with Gasteiger partial charge in [-0.25, -0.2) is 0 Å². The highest BCUT2D eigenvalue weighted by atomic mass is 127. The normalized spacial score (nSPS) is 12.5. The average molecular weight is 393 g/mol. The summed E-state index contributed by atoms with van der Waals surface area (Å²) in [4.78, 5) is 5.50. The Kier molecular flexibility index (Phi) is 11.1. The smallest absolute Gasteiger partial charge is 0.191 e. The van der Waals surface area contributed by atoms with E-state index in [2.05, 4.69) is 53.7 Å². The van der Waals surface area contributed by atoms with Crippen LogP contribution in [-0.2, 0) is 0 Å². The molecule has 0 bridgehead atoms. The van der Waals surface area contributed by atoms with Crippen molar-refractivity contribution in [1.82, 2.24) is 10.6 Å². The van der Waals surface area contributed by atoms with Crippen molar-refractivity contribution in [3.63, 3.8) is 0 Å². The number of thioether (sulfide) groups is 1. The predicted molar refractivity (Wildman–Crippen MR) is 96.8 cm³/mol. The summed E-state index contributed by atoms with van der Waals surface area (Å²) >= 11 is 1.87. The fourth-order valence-corrected chi connectivity index (χ4v) is 2.42. The Balaban J connectivity index is 0.00000324. The van der Waals surface area contributed by atoms with Gasteiger partial charge in [0.05, 0.1) is 0 Å². The molecular formula is C14H24IN3S. The first-order valence-corrected chi connectivity index (χ1v) is 7.30. The van der Waals surface area contributed by atoms with Crippen molar-refractivity contribution < 1.29 is 0 Å². The van der Waals surface area contributed by atoms with Crippen LogP contribution >= 0.6 is 35.7 Å². The van der Waals surface area contributed by atoms with E-state index in [1.807, 2.05) is 17.8 Å². The molecule has 0 heterocycles. The second-order valence-corrected chi connectivity index (χ2v) is 5.63. The molecule has 2 N–H and O–H groups in total. The molecule has 1 atom stereocenters. The van der Waals surface area contributed by atoms with Crippen LogP contribution in [0.1, 0.15) is 20.3 Å². The van der Waals surface area contributed by atoms with Crippen LogP contribution < -0.4 is 10.6 Å². The van der Waals surface area contributed by atoms with Crippen LogP contribution in [0.15, 0.2) is 40.2 Å². The number of rotatable bonds is 6. The minimum atomic E-state index is 0. The molecule has 0 spiro atoms. The van der Waals surface area contributed by atoms with Gasteiger partial charge in [-0.15, -0.1) is 35.7 Å². The summed E-state index contributed by atoms with van der Waals surface area (Å²) in [5.41, 5.74) is 0. The van der Waals surface area contributed by atoms with Crippen LogP contribution in [0.2, 0.25) is 0 Å². The maximum atomic E-state index is 4.19. The topological polar surface area (TPSA) is 36.4 Å². The van der Waals surface area contributed by atoms with Gasteiger partial charge in [0.25, 0.3) is 0 Å². The average Bonchev–Trinajstić information content (AvgIpc) is 2.40. The van der Waals surface area contributed by atoms with E-state index in [9.17, 15) is 0 Å².